The van der Waals surface area contributed by atoms with Gasteiger partial charge >= 0.3 is 0 Å². The van der Waals surface area contributed by atoms with Crippen LogP contribution in [0.25, 0.3) is 10.2 Å². The zero-order valence-corrected chi connectivity index (χ0v) is 13.7. The molecule has 5 heteroatoms. The van der Waals surface area contributed by atoms with Gasteiger partial charge in [0.2, 0.25) is 5.13 Å². The molecule has 0 unspecified atom stereocenters. The highest BCUT2D eigenvalue weighted by Crippen LogP contribution is 2.30. The predicted molar refractivity (Wildman–Crippen MR) is 92.6 cm³/mol. The summed E-state index contributed by atoms with van der Waals surface area (Å²) in [5, 5.41) is 0.756. The number of ether oxygens (including phenoxy) is 1. The zero-order valence-electron chi connectivity index (χ0n) is 10.7. The van der Waals surface area contributed by atoms with Crippen LogP contribution in [0.3, 0.4) is 0 Å². The fraction of sp³-hybridized carbons (Fsp3) is 0.0667. The van der Waals surface area contributed by atoms with E-state index in [1.54, 1.807) is 18.4 Å². The number of benzene rings is 2. The van der Waals surface area contributed by atoms with Crippen LogP contribution in [0.4, 0.5) is 5.13 Å². The van der Waals surface area contributed by atoms with Crippen LogP contribution in [0.2, 0.25) is 0 Å². The molecule has 0 spiro atoms. The average Bonchev–Trinajstić information content (AvgIpc) is 2.88. The molecule has 0 aliphatic carbocycles. The molecule has 0 fully saturated rings. The van der Waals surface area contributed by atoms with E-state index < -0.39 is 0 Å². The molecule has 0 aliphatic rings. The highest BCUT2D eigenvalue weighted by molar-refractivity contribution is 14.1. The maximum atomic E-state index is 5.21. The van der Waals surface area contributed by atoms with Gasteiger partial charge in [-0.1, -0.05) is 23.5 Å². The van der Waals surface area contributed by atoms with Gasteiger partial charge in [0, 0.05) is 9.78 Å². The normalized spacial score (nSPS) is 11.3. The van der Waals surface area contributed by atoms with Crippen molar-refractivity contribution in [2.75, 3.05) is 7.11 Å². The molecule has 1 aromatic heterocycles. The molecule has 0 saturated carbocycles. The van der Waals surface area contributed by atoms with Gasteiger partial charge < -0.3 is 4.74 Å². The first-order valence-electron chi connectivity index (χ1n) is 5.99. The SMILES string of the molecule is COc1ccc2nc(/N=C/c3ccc(I)cc3)sc2c1. The van der Waals surface area contributed by atoms with Gasteiger partial charge in [-0.25, -0.2) is 9.98 Å². The van der Waals surface area contributed by atoms with Gasteiger partial charge in [0.25, 0.3) is 0 Å². The topological polar surface area (TPSA) is 34.5 Å². The molecule has 0 radical (unpaired) electrons. The summed E-state index contributed by atoms with van der Waals surface area (Å²) in [5.41, 5.74) is 2.02. The van der Waals surface area contributed by atoms with E-state index >= 15 is 0 Å². The van der Waals surface area contributed by atoms with Crippen LogP contribution in [-0.2, 0) is 0 Å². The molecule has 0 aliphatic heterocycles. The number of aliphatic imine (C=N–C) groups is 1. The Hall–Kier alpha value is -1.47. The molecule has 2 aromatic carbocycles. The Balaban J connectivity index is 1.88. The summed E-state index contributed by atoms with van der Waals surface area (Å²) in [4.78, 5) is 8.92. The third-order valence-corrected chi connectivity index (χ3v) is 4.42. The van der Waals surface area contributed by atoms with Crippen LogP contribution < -0.4 is 4.74 Å². The number of hydrogen-bond donors (Lipinski definition) is 0. The highest BCUT2D eigenvalue weighted by atomic mass is 127. The summed E-state index contributed by atoms with van der Waals surface area (Å²) in [7, 11) is 1.66. The lowest BCUT2D eigenvalue weighted by molar-refractivity contribution is 0.415. The average molecular weight is 394 g/mol. The number of hydrogen-bond acceptors (Lipinski definition) is 4. The number of fused-ring (bicyclic) bond motifs is 1. The van der Waals surface area contributed by atoms with Crippen LogP contribution >= 0.6 is 33.9 Å². The van der Waals surface area contributed by atoms with Gasteiger partial charge in [-0.3, -0.25) is 0 Å². The monoisotopic (exact) mass is 394 g/mol. The number of halogens is 1. The number of nitrogens with zero attached hydrogens (tertiary/aromatic N) is 2. The Morgan fingerprint density at radius 3 is 2.75 bits per heavy atom. The van der Waals surface area contributed by atoms with E-state index in [0.29, 0.717) is 0 Å². The van der Waals surface area contributed by atoms with Crippen molar-refractivity contribution in [3.05, 3.63) is 51.6 Å². The zero-order chi connectivity index (χ0) is 13.9. The smallest absolute Gasteiger partial charge is 0.210 e. The quantitative estimate of drug-likeness (QED) is 0.479. The van der Waals surface area contributed by atoms with E-state index in [1.807, 2.05) is 36.5 Å². The molecule has 3 rings (SSSR count). The number of thiazole rings is 1. The maximum absolute atomic E-state index is 5.21. The largest absolute Gasteiger partial charge is 0.497 e. The van der Waals surface area contributed by atoms with Gasteiger partial charge in [0.15, 0.2) is 0 Å². The molecule has 0 N–H and O–H groups in total. The van der Waals surface area contributed by atoms with Crippen molar-refractivity contribution in [1.82, 2.24) is 4.98 Å². The second-order valence-electron chi connectivity index (χ2n) is 4.14. The van der Waals surface area contributed by atoms with Crippen molar-refractivity contribution in [2.24, 2.45) is 4.99 Å². The van der Waals surface area contributed by atoms with Gasteiger partial charge in [0.1, 0.15) is 5.75 Å². The lowest BCUT2D eigenvalue weighted by atomic mass is 10.2. The van der Waals surface area contributed by atoms with Gasteiger partial charge in [-0.05, 0) is 58.5 Å². The van der Waals surface area contributed by atoms with Crippen molar-refractivity contribution in [2.45, 2.75) is 0 Å². The molecule has 3 aromatic rings. The van der Waals surface area contributed by atoms with Crippen LogP contribution in [0.5, 0.6) is 5.75 Å². The molecule has 3 nitrogen and oxygen atoms in total. The Labute approximate surface area is 134 Å². The van der Waals surface area contributed by atoms with Gasteiger partial charge in [0.05, 0.1) is 17.3 Å². The van der Waals surface area contributed by atoms with Crippen molar-refractivity contribution in [1.29, 1.82) is 0 Å². The summed E-state index contributed by atoms with van der Waals surface area (Å²) in [5.74, 6) is 0.842. The van der Waals surface area contributed by atoms with E-state index in [0.717, 1.165) is 26.7 Å². The van der Waals surface area contributed by atoms with E-state index in [1.165, 1.54) is 3.57 Å². The molecule has 0 amide bonds. The van der Waals surface area contributed by atoms with Crippen molar-refractivity contribution in [3.8, 4) is 5.75 Å². The van der Waals surface area contributed by atoms with Crippen LogP contribution in [0.1, 0.15) is 5.56 Å². The van der Waals surface area contributed by atoms with E-state index in [-0.39, 0.29) is 0 Å². The van der Waals surface area contributed by atoms with Crippen molar-refractivity contribution < 1.29 is 4.74 Å². The molecule has 0 atom stereocenters. The molecular formula is C15H11IN2OS. The Kier molecular flexibility index (Phi) is 3.98. The second kappa shape index (κ2) is 5.88. The molecular weight excluding hydrogens is 383 g/mol. The minimum atomic E-state index is 0.756. The minimum absolute atomic E-state index is 0.756. The lowest BCUT2D eigenvalue weighted by Crippen LogP contribution is -1.80. The highest BCUT2D eigenvalue weighted by Gasteiger charge is 2.03. The third-order valence-electron chi connectivity index (χ3n) is 2.78. The van der Waals surface area contributed by atoms with Crippen LogP contribution in [-0.4, -0.2) is 18.3 Å². The van der Waals surface area contributed by atoms with Crippen molar-refractivity contribution >= 4 is 55.5 Å². The summed E-state index contributed by atoms with van der Waals surface area (Å²) < 4.78 is 7.51. The number of methoxy groups -OCH3 is 1. The third kappa shape index (κ3) is 2.99. The van der Waals surface area contributed by atoms with E-state index in [2.05, 4.69) is 44.7 Å². The van der Waals surface area contributed by atoms with Crippen LogP contribution in [0, 0.1) is 3.57 Å². The molecule has 1 heterocycles. The predicted octanol–water partition coefficient (Wildman–Crippen LogP) is 4.66. The molecule has 100 valence electrons. The fourth-order valence-electron chi connectivity index (χ4n) is 1.75. The lowest BCUT2D eigenvalue weighted by Gasteiger charge is -1.96. The Bertz CT molecular complexity index is 765. The van der Waals surface area contributed by atoms with Gasteiger partial charge in [-0.2, -0.15) is 0 Å². The first-order chi connectivity index (χ1) is 9.74. The summed E-state index contributed by atoms with van der Waals surface area (Å²) >= 11 is 3.84. The number of rotatable bonds is 3. The standard InChI is InChI=1S/C15H11IN2OS/c1-19-12-6-7-13-14(8-12)20-15(18-13)17-9-10-2-4-11(16)5-3-10/h2-9H,1H3/b17-9+. The Morgan fingerprint density at radius 2 is 2.00 bits per heavy atom. The maximum Gasteiger partial charge on any atom is 0.210 e. The second-order valence-corrected chi connectivity index (χ2v) is 6.39. The molecule has 0 bridgehead atoms. The molecule has 0 saturated heterocycles. The summed E-state index contributed by atoms with van der Waals surface area (Å²) in [6.07, 6.45) is 1.84. The van der Waals surface area contributed by atoms with Crippen LogP contribution in [0.15, 0.2) is 47.5 Å². The number of aromatic nitrogens is 1. The first kappa shape index (κ1) is 13.5. The molecule has 20 heavy (non-hydrogen) atoms. The summed E-state index contributed by atoms with van der Waals surface area (Å²) in [6.45, 7) is 0. The Morgan fingerprint density at radius 1 is 1.20 bits per heavy atom. The summed E-state index contributed by atoms with van der Waals surface area (Å²) in [6, 6.07) is 14.1. The van der Waals surface area contributed by atoms with E-state index in [9.17, 15) is 0 Å². The van der Waals surface area contributed by atoms with Crippen molar-refractivity contribution in [3.63, 3.8) is 0 Å². The van der Waals surface area contributed by atoms with E-state index in [4.69, 9.17) is 4.74 Å². The fourth-order valence-corrected chi connectivity index (χ4v) is 2.95. The minimum Gasteiger partial charge on any atom is -0.497 e. The first-order valence-corrected chi connectivity index (χ1v) is 7.88. The van der Waals surface area contributed by atoms with Gasteiger partial charge in [-0.15, -0.1) is 0 Å².